The summed E-state index contributed by atoms with van der Waals surface area (Å²) in [5, 5.41) is 12.2. The minimum atomic E-state index is 0.0924. The lowest BCUT2D eigenvalue weighted by Gasteiger charge is -2.12. The van der Waals surface area contributed by atoms with E-state index in [1.54, 1.807) is 0 Å². The lowest BCUT2D eigenvalue weighted by Crippen LogP contribution is -2.36. The van der Waals surface area contributed by atoms with Gasteiger partial charge in [0.25, 0.3) is 0 Å². The molecule has 0 radical (unpaired) electrons. The maximum atomic E-state index is 8.86. The highest BCUT2D eigenvalue weighted by molar-refractivity contribution is 5.01. The predicted molar refractivity (Wildman–Crippen MR) is 40.7 cm³/mol. The van der Waals surface area contributed by atoms with Crippen LogP contribution < -0.4 is 11.1 Å². The number of aliphatic hydroxyl groups is 1. The Balaban J connectivity index is 2.01. The van der Waals surface area contributed by atoms with Gasteiger partial charge in [0.2, 0.25) is 0 Å². The van der Waals surface area contributed by atoms with Crippen molar-refractivity contribution in [3.05, 3.63) is 0 Å². The van der Waals surface area contributed by atoms with Gasteiger partial charge < -0.3 is 16.2 Å². The molecule has 3 nitrogen and oxygen atoms in total. The third-order valence-electron chi connectivity index (χ3n) is 2.04. The molecule has 1 fully saturated rings. The number of hydrogen-bond donors (Lipinski definition) is 3. The van der Waals surface area contributed by atoms with E-state index in [1.807, 2.05) is 0 Å². The zero-order chi connectivity index (χ0) is 7.45. The minimum absolute atomic E-state index is 0.0924. The zero-order valence-electron chi connectivity index (χ0n) is 6.27. The highest BCUT2D eigenvalue weighted by atomic mass is 16.3. The van der Waals surface area contributed by atoms with Crippen molar-refractivity contribution in [2.75, 3.05) is 19.7 Å². The normalized spacial score (nSPS) is 21.0. The second kappa shape index (κ2) is 3.32. The SMILES string of the molecule is NCCCNC1(CO)CC1. The molecule has 0 atom stereocenters. The molecule has 3 heteroatoms. The van der Waals surface area contributed by atoms with E-state index >= 15 is 0 Å². The van der Waals surface area contributed by atoms with Gasteiger partial charge in [-0.05, 0) is 32.4 Å². The van der Waals surface area contributed by atoms with Crippen molar-refractivity contribution < 1.29 is 5.11 Å². The first-order chi connectivity index (χ1) is 4.83. The zero-order valence-corrected chi connectivity index (χ0v) is 6.27. The molecule has 0 saturated heterocycles. The van der Waals surface area contributed by atoms with E-state index < -0.39 is 0 Å². The van der Waals surface area contributed by atoms with Crippen LogP contribution in [0.15, 0.2) is 0 Å². The van der Waals surface area contributed by atoms with Gasteiger partial charge in [-0.15, -0.1) is 0 Å². The van der Waals surface area contributed by atoms with Gasteiger partial charge in [-0.1, -0.05) is 0 Å². The minimum Gasteiger partial charge on any atom is -0.394 e. The fraction of sp³-hybridized carbons (Fsp3) is 1.00. The van der Waals surface area contributed by atoms with Gasteiger partial charge in [0.15, 0.2) is 0 Å². The average Bonchev–Trinajstić information content (AvgIpc) is 2.70. The van der Waals surface area contributed by atoms with Crippen LogP contribution in [0.5, 0.6) is 0 Å². The molecule has 0 bridgehead atoms. The highest BCUT2D eigenvalue weighted by Gasteiger charge is 2.40. The molecule has 1 aliphatic carbocycles. The number of hydrogen-bond acceptors (Lipinski definition) is 3. The Morgan fingerprint density at radius 2 is 2.20 bits per heavy atom. The maximum Gasteiger partial charge on any atom is 0.0613 e. The van der Waals surface area contributed by atoms with Crippen LogP contribution in [0.2, 0.25) is 0 Å². The van der Waals surface area contributed by atoms with Crippen LogP contribution in [0.3, 0.4) is 0 Å². The molecule has 0 aromatic rings. The molecule has 0 aromatic carbocycles. The first-order valence-electron chi connectivity index (χ1n) is 3.89. The Kier molecular flexibility index (Phi) is 2.65. The number of aliphatic hydroxyl groups excluding tert-OH is 1. The molecule has 0 aromatic heterocycles. The maximum absolute atomic E-state index is 8.86. The van der Waals surface area contributed by atoms with Crippen molar-refractivity contribution in [3.63, 3.8) is 0 Å². The molecule has 0 spiro atoms. The quantitative estimate of drug-likeness (QED) is 0.454. The summed E-state index contributed by atoms with van der Waals surface area (Å²) in [6.45, 7) is 1.95. The average molecular weight is 144 g/mol. The van der Waals surface area contributed by atoms with Crippen LogP contribution in [0.4, 0.5) is 0 Å². The Morgan fingerprint density at radius 3 is 2.60 bits per heavy atom. The van der Waals surface area contributed by atoms with Gasteiger partial charge in [-0.3, -0.25) is 0 Å². The Labute approximate surface area is 61.6 Å². The van der Waals surface area contributed by atoms with Crippen LogP contribution in [0.25, 0.3) is 0 Å². The van der Waals surface area contributed by atoms with Gasteiger partial charge >= 0.3 is 0 Å². The van der Waals surface area contributed by atoms with Crippen molar-refractivity contribution in [1.82, 2.24) is 5.32 Å². The summed E-state index contributed by atoms with van der Waals surface area (Å²) >= 11 is 0. The number of rotatable bonds is 5. The van der Waals surface area contributed by atoms with Crippen LogP contribution >= 0.6 is 0 Å². The third-order valence-corrected chi connectivity index (χ3v) is 2.04. The molecular formula is C7H16N2O. The van der Waals surface area contributed by atoms with Crippen molar-refractivity contribution in [3.8, 4) is 0 Å². The lowest BCUT2D eigenvalue weighted by atomic mass is 10.3. The molecule has 0 heterocycles. The van der Waals surface area contributed by atoms with Crippen LogP contribution in [0.1, 0.15) is 19.3 Å². The molecule has 1 saturated carbocycles. The van der Waals surface area contributed by atoms with Crippen molar-refractivity contribution in [2.45, 2.75) is 24.8 Å². The first kappa shape index (κ1) is 7.98. The van der Waals surface area contributed by atoms with E-state index in [0.29, 0.717) is 0 Å². The number of nitrogens with one attached hydrogen (secondary N) is 1. The van der Waals surface area contributed by atoms with Gasteiger partial charge in [-0.25, -0.2) is 0 Å². The summed E-state index contributed by atoms with van der Waals surface area (Å²) in [7, 11) is 0. The topological polar surface area (TPSA) is 58.3 Å². The molecule has 0 unspecified atom stereocenters. The third kappa shape index (κ3) is 1.94. The van der Waals surface area contributed by atoms with E-state index in [0.717, 1.165) is 32.4 Å². The second-order valence-electron chi connectivity index (χ2n) is 3.01. The first-order valence-corrected chi connectivity index (χ1v) is 3.89. The van der Waals surface area contributed by atoms with Crippen molar-refractivity contribution in [1.29, 1.82) is 0 Å². The Morgan fingerprint density at radius 1 is 1.50 bits per heavy atom. The second-order valence-corrected chi connectivity index (χ2v) is 3.01. The smallest absolute Gasteiger partial charge is 0.0613 e. The Bertz CT molecular complexity index is 102. The highest BCUT2D eigenvalue weighted by Crippen LogP contribution is 2.34. The molecule has 0 amide bonds. The summed E-state index contributed by atoms with van der Waals surface area (Å²) < 4.78 is 0. The largest absolute Gasteiger partial charge is 0.394 e. The van der Waals surface area contributed by atoms with E-state index in [1.165, 1.54) is 0 Å². The Hall–Kier alpha value is -0.120. The monoisotopic (exact) mass is 144 g/mol. The van der Waals surface area contributed by atoms with E-state index in [-0.39, 0.29) is 12.1 Å². The van der Waals surface area contributed by atoms with Crippen LogP contribution in [-0.4, -0.2) is 30.3 Å². The van der Waals surface area contributed by atoms with Gasteiger partial charge in [0.05, 0.1) is 6.61 Å². The molecule has 10 heavy (non-hydrogen) atoms. The summed E-state index contributed by atoms with van der Waals surface area (Å²) in [6, 6.07) is 0. The lowest BCUT2D eigenvalue weighted by molar-refractivity contribution is 0.231. The molecular weight excluding hydrogens is 128 g/mol. The molecule has 0 aliphatic heterocycles. The van der Waals surface area contributed by atoms with Gasteiger partial charge in [0, 0.05) is 5.54 Å². The molecule has 1 rings (SSSR count). The molecule has 60 valence electrons. The summed E-state index contributed by atoms with van der Waals surface area (Å²) in [5.41, 5.74) is 5.41. The summed E-state index contributed by atoms with van der Waals surface area (Å²) in [6.07, 6.45) is 3.24. The fourth-order valence-corrected chi connectivity index (χ4v) is 0.997. The molecule has 4 N–H and O–H groups in total. The molecule has 1 aliphatic rings. The van der Waals surface area contributed by atoms with E-state index in [9.17, 15) is 0 Å². The van der Waals surface area contributed by atoms with E-state index in [2.05, 4.69) is 5.32 Å². The van der Waals surface area contributed by atoms with Gasteiger partial charge in [0.1, 0.15) is 0 Å². The van der Waals surface area contributed by atoms with Crippen molar-refractivity contribution >= 4 is 0 Å². The van der Waals surface area contributed by atoms with Gasteiger partial charge in [-0.2, -0.15) is 0 Å². The summed E-state index contributed by atoms with van der Waals surface area (Å²) in [4.78, 5) is 0. The number of nitrogens with two attached hydrogens (primary N) is 1. The van der Waals surface area contributed by atoms with Crippen LogP contribution in [-0.2, 0) is 0 Å². The van der Waals surface area contributed by atoms with Crippen LogP contribution in [0, 0.1) is 0 Å². The predicted octanol–water partition coefficient (Wildman–Crippen LogP) is -0.550. The fourth-order valence-electron chi connectivity index (χ4n) is 0.997. The van der Waals surface area contributed by atoms with Crippen molar-refractivity contribution in [2.24, 2.45) is 5.73 Å². The standard InChI is InChI=1S/C7H16N2O/c8-4-1-5-9-7(6-10)2-3-7/h9-10H,1-6,8H2. The van der Waals surface area contributed by atoms with E-state index in [4.69, 9.17) is 10.8 Å². The summed E-state index contributed by atoms with van der Waals surface area (Å²) in [5.74, 6) is 0.